The summed E-state index contributed by atoms with van der Waals surface area (Å²) in [5.74, 6) is -2.46. The number of esters is 2. The Labute approximate surface area is 232 Å². The molecule has 4 rings (SSSR count). The minimum Gasteiger partial charge on any atom is -0.462 e. The third-order valence-electron chi connectivity index (χ3n) is 5.42. The topological polar surface area (TPSA) is 145 Å². The number of fused-ring (bicyclic) bond motifs is 1. The summed E-state index contributed by atoms with van der Waals surface area (Å²) < 4.78 is 11.2. The van der Waals surface area contributed by atoms with Gasteiger partial charge in [-0.3, -0.25) is 14.4 Å². The van der Waals surface area contributed by atoms with Gasteiger partial charge in [0.1, 0.15) is 10.6 Å². The number of nitrogens with zero attached hydrogens (tertiary/aromatic N) is 2. The maximum atomic E-state index is 13.5. The van der Waals surface area contributed by atoms with Gasteiger partial charge < -0.3 is 20.1 Å². The fraction of sp³-hybridized carbons (Fsp3) is 0.214. The van der Waals surface area contributed by atoms with Gasteiger partial charge in [-0.25, -0.2) is 19.0 Å². The van der Waals surface area contributed by atoms with Crippen LogP contribution in [0.1, 0.15) is 67.3 Å². The number of amides is 2. The van der Waals surface area contributed by atoms with Crippen LogP contribution >= 0.6 is 11.3 Å². The molecule has 0 unspecified atom stereocenters. The van der Waals surface area contributed by atoms with E-state index >= 15 is 0 Å². The van der Waals surface area contributed by atoms with Gasteiger partial charge >= 0.3 is 11.9 Å². The monoisotopic (exact) mass is 562 g/mol. The van der Waals surface area contributed by atoms with E-state index in [1.54, 1.807) is 45.9 Å². The molecule has 0 bridgehead atoms. The SMILES string of the molecule is CCOC(=O)c1ccc(NC(=O)c2sc3nc(C)cc(=O)n3c2C(=O)Nc2cccc(C(=O)OC(C)C)c2)cc1. The van der Waals surface area contributed by atoms with E-state index in [1.165, 1.54) is 36.4 Å². The summed E-state index contributed by atoms with van der Waals surface area (Å²) in [5, 5.41) is 5.35. The van der Waals surface area contributed by atoms with Crippen LogP contribution in [-0.2, 0) is 9.47 Å². The number of ether oxygens (including phenoxy) is 2. The predicted octanol–water partition coefficient (Wildman–Crippen LogP) is 4.31. The minimum atomic E-state index is -0.754. The van der Waals surface area contributed by atoms with Crippen molar-refractivity contribution in [2.24, 2.45) is 0 Å². The average Bonchev–Trinajstić information content (AvgIpc) is 3.29. The molecule has 0 atom stereocenters. The maximum Gasteiger partial charge on any atom is 0.338 e. The van der Waals surface area contributed by atoms with E-state index < -0.39 is 29.3 Å². The van der Waals surface area contributed by atoms with Gasteiger partial charge in [-0.05, 0) is 70.2 Å². The number of hydrogen-bond acceptors (Lipinski definition) is 9. The molecular formula is C28H26N4O7S. The van der Waals surface area contributed by atoms with Crippen LogP contribution in [0.2, 0.25) is 0 Å². The van der Waals surface area contributed by atoms with Crippen LogP contribution in [0.4, 0.5) is 11.4 Å². The molecule has 0 aliphatic heterocycles. The number of aryl methyl sites for hydroxylation is 1. The lowest BCUT2D eigenvalue weighted by Crippen LogP contribution is -2.25. The molecule has 11 nitrogen and oxygen atoms in total. The summed E-state index contributed by atoms with van der Waals surface area (Å²) >= 11 is 0.879. The zero-order valence-corrected chi connectivity index (χ0v) is 23.0. The van der Waals surface area contributed by atoms with Crippen molar-refractivity contribution >= 4 is 51.4 Å². The fourth-order valence-electron chi connectivity index (χ4n) is 3.73. The first-order chi connectivity index (χ1) is 19.1. The Morgan fingerprint density at radius 2 is 1.62 bits per heavy atom. The summed E-state index contributed by atoms with van der Waals surface area (Å²) in [6, 6.07) is 13.4. The molecule has 0 aliphatic rings. The molecule has 12 heteroatoms. The normalized spacial score (nSPS) is 10.8. The van der Waals surface area contributed by atoms with Crippen LogP contribution in [0, 0.1) is 6.92 Å². The van der Waals surface area contributed by atoms with Gasteiger partial charge in [-0.2, -0.15) is 0 Å². The van der Waals surface area contributed by atoms with E-state index in [2.05, 4.69) is 15.6 Å². The molecule has 206 valence electrons. The number of hydrogen-bond donors (Lipinski definition) is 2. The number of thiazole rings is 1. The highest BCUT2D eigenvalue weighted by atomic mass is 32.1. The Hall–Kier alpha value is -4.84. The van der Waals surface area contributed by atoms with E-state index in [9.17, 15) is 24.0 Å². The Bertz CT molecular complexity index is 1670. The molecule has 0 saturated carbocycles. The molecule has 2 heterocycles. The van der Waals surface area contributed by atoms with Crippen molar-refractivity contribution in [1.29, 1.82) is 0 Å². The average molecular weight is 563 g/mol. The molecule has 0 spiro atoms. The summed E-state index contributed by atoms with van der Waals surface area (Å²) in [4.78, 5) is 68.4. The summed E-state index contributed by atoms with van der Waals surface area (Å²) in [6.07, 6.45) is -0.326. The van der Waals surface area contributed by atoms with Crippen LogP contribution in [0.5, 0.6) is 0 Å². The summed E-state index contributed by atoms with van der Waals surface area (Å²) in [7, 11) is 0. The lowest BCUT2D eigenvalue weighted by Gasteiger charge is -2.11. The van der Waals surface area contributed by atoms with E-state index in [-0.39, 0.29) is 39.5 Å². The standard InChI is InChI=1S/C28H26N4O7S/c1-5-38-26(36)17-9-11-19(12-10-17)30-25(35)23-22(32-21(33)13-16(4)29-28(32)40-23)24(34)31-20-8-6-7-18(14-20)27(37)39-15(2)3/h6-15H,5H2,1-4H3,(H,30,35)(H,31,34). The Kier molecular flexibility index (Phi) is 8.39. The van der Waals surface area contributed by atoms with Crippen LogP contribution in [-0.4, -0.2) is 45.8 Å². The number of nitrogens with one attached hydrogen (secondary N) is 2. The lowest BCUT2D eigenvalue weighted by atomic mass is 10.2. The first-order valence-corrected chi connectivity index (χ1v) is 13.1. The molecule has 0 aliphatic carbocycles. The largest absolute Gasteiger partial charge is 0.462 e. The van der Waals surface area contributed by atoms with E-state index in [0.717, 1.165) is 15.7 Å². The van der Waals surface area contributed by atoms with Crippen molar-refractivity contribution in [3.63, 3.8) is 0 Å². The number of benzene rings is 2. The van der Waals surface area contributed by atoms with Crippen molar-refractivity contribution in [3.05, 3.63) is 92.3 Å². The third kappa shape index (κ3) is 6.24. The molecule has 2 amide bonds. The number of carbonyl (C=O) groups excluding carboxylic acids is 4. The summed E-state index contributed by atoms with van der Waals surface area (Å²) in [6.45, 7) is 7.01. The van der Waals surface area contributed by atoms with E-state index in [4.69, 9.17) is 9.47 Å². The quantitative estimate of drug-likeness (QED) is 0.302. The van der Waals surface area contributed by atoms with Crippen LogP contribution in [0.25, 0.3) is 4.96 Å². The highest BCUT2D eigenvalue weighted by Crippen LogP contribution is 2.24. The van der Waals surface area contributed by atoms with Gasteiger partial charge in [0.05, 0.1) is 23.8 Å². The van der Waals surface area contributed by atoms with Gasteiger partial charge in [-0.15, -0.1) is 0 Å². The zero-order chi connectivity index (χ0) is 29.0. The van der Waals surface area contributed by atoms with Crippen molar-refractivity contribution in [2.75, 3.05) is 17.2 Å². The van der Waals surface area contributed by atoms with Crippen molar-refractivity contribution in [2.45, 2.75) is 33.8 Å². The first kappa shape index (κ1) is 28.2. The Balaban J connectivity index is 1.67. The Morgan fingerprint density at radius 3 is 2.30 bits per heavy atom. The molecule has 0 fully saturated rings. The molecule has 4 aromatic rings. The van der Waals surface area contributed by atoms with E-state index in [1.807, 2.05) is 0 Å². The molecule has 0 saturated heterocycles. The van der Waals surface area contributed by atoms with Gasteiger partial charge in [0.15, 0.2) is 4.96 Å². The highest BCUT2D eigenvalue weighted by molar-refractivity contribution is 7.19. The smallest absolute Gasteiger partial charge is 0.338 e. The van der Waals surface area contributed by atoms with Gasteiger partial charge in [0, 0.05) is 23.1 Å². The number of rotatable bonds is 8. The zero-order valence-electron chi connectivity index (χ0n) is 22.1. The lowest BCUT2D eigenvalue weighted by molar-refractivity contribution is 0.0377. The van der Waals surface area contributed by atoms with Crippen molar-refractivity contribution in [3.8, 4) is 0 Å². The first-order valence-electron chi connectivity index (χ1n) is 12.3. The highest BCUT2D eigenvalue weighted by Gasteiger charge is 2.26. The number of anilines is 2. The van der Waals surface area contributed by atoms with Crippen LogP contribution in [0.3, 0.4) is 0 Å². The fourth-order valence-corrected chi connectivity index (χ4v) is 4.80. The number of aromatic nitrogens is 2. The molecule has 0 radical (unpaired) electrons. The number of carbonyl (C=O) groups is 4. The van der Waals surface area contributed by atoms with Gasteiger partial charge in [0.2, 0.25) is 0 Å². The minimum absolute atomic E-state index is 0.0578. The summed E-state index contributed by atoms with van der Waals surface area (Å²) in [5.41, 5.74) is 0.833. The predicted molar refractivity (Wildman–Crippen MR) is 149 cm³/mol. The second-order valence-corrected chi connectivity index (χ2v) is 9.85. The molecular weight excluding hydrogens is 536 g/mol. The second kappa shape index (κ2) is 11.9. The second-order valence-electron chi connectivity index (χ2n) is 8.87. The van der Waals surface area contributed by atoms with Crippen molar-refractivity contribution < 1.29 is 28.7 Å². The van der Waals surface area contributed by atoms with Gasteiger partial charge in [0.25, 0.3) is 17.4 Å². The molecule has 2 aromatic carbocycles. The molecule has 40 heavy (non-hydrogen) atoms. The van der Waals surface area contributed by atoms with E-state index in [0.29, 0.717) is 16.9 Å². The Morgan fingerprint density at radius 1 is 0.925 bits per heavy atom. The van der Waals surface area contributed by atoms with Crippen LogP contribution < -0.4 is 16.2 Å². The maximum absolute atomic E-state index is 13.5. The van der Waals surface area contributed by atoms with Gasteiger partial charge in [-0.1, -0.05) is 17.4 Å². The molecule has 2 aromatic heterocycles. The van der Waals surface area contributed by atoms with Crippen LogP contribution in [0.15, 0.2) is 59.4 Å². The third-order valence-corrected chi connectivity index (χ3v) is 6.46. The van der Waals surface area contributed by atoms with Crippen molar-refractivity contribution in [1.82, 2.24) is 9.38 Å². The molecule has 2 N–H and O–H groups in total.